The van der Waals surface area contributed by atoms with Gasteiger partial charge >= 0.3 is 0 Å². The SMILES string of the molecule is CC1CC(C(=O)NC(C)c2ccccc2F)(C(N)=S)C1. The molecule has 1 aliphatic carbocycles. The minimum absolute atomic E-state index is 0.196. The maximum absolute atomic E-state index is 13.7. The van der Waals surface area contributed by atoms with Crippen molar-refractivity contribution in [3.05, 3.63) is 35.6 Å². The van der Waals surface area contributed by atoms with Crippen LogP contribution in [0.2, 0.25) is 0 Å². The second-order valence-corrected chi connectivity index (χ2v) is 6.12. The lowest BCUT2D eigenvalue weighted by molar-refractivity contribution is -0.133. The van der Waals surface area contributed by atoms with Gasteiger partial charge in [-0.15, -0.1) is 0 Å². The molecule has 0 aliphatic heterocycles. The Morgan fingerprint density at radius 3 is 2.60 bits per heavy atom. The van der Waals surface area contributed by atoms with Crippen LogP contribution in [0.4, 0.5) is 4.39 Å². The van der Waals surface area contributed by atoms with Gasteiger partial charge in [0.2, 0.25) is 5.91 Å². The quantitative estimate of drug-likeness (QED) is 0.840. The van der Waals surface area contributed by atoms with Crippen molar-refractivity contribution in [1.29, 1.82) is 0 Å². The van der Waals surface area contributed by atoms with Gasteiger partial charge in [0.25, 0.3) is 0 Å². The van der Waals surface area contributed by atoms with Crippen molar-refractivity contribution in [2.45, 2.75) is 32.7 Å². The molecule has 1 atom stereocenters. The van der Waals surface area contributed by atoms with Crippen molar-refractivity contribution >= 4 is 23.1 Å². The highest BCUT2D eigenvalue weighted by Crippen LogP contribution is 2.46. The Balaban J connectivity index is 2.12. The first-order valence-corrected chi connectivity index (χ1v) is 7.13. The molecular weight excluding hydrogens is 275 g/mol. The summed E-state index contributed by atoms with van der Waals surface area (Å²) in [5.41, 5.74) is 5.45. The molecule has 1 aromatic rings. The number of thiocarbonyl (C=S) groups is 1. The number of nitrogens with two attached hydrogens (primary N) is 1. The molecule has 0 saturated heterocycles. The Kier molecular flexibility index (Phi) is 4.09. The largest absolute Gasteiger partial charge is 0.392 e. The van der Waals surface area contributed by atoms with Gasteiger partial charge in [-0.25, -0.2) is 4.39 Å². The van der Waals surface area contributed by atoms with E-state index >= 15 is 0 Å². The molecule has 1 aliphatic rings. The van der Waals surface area contributed by atoms with Crippen LogP contribution < -0.4 is 11.1 Å². The third kappa shape index (κ3) is 2.54. The minimum Gasteiger partial charge on any atom is -0.392 e. The summed E-state index contributed by atoms with van der Waals surface area (Å²) in [6.07, 6.45) is 1.33. The molecule has 0 radical (unpaired) electrons. The molecule has 5 heteroatoms. The highest BCUT2D eigenvalue weighted by atomic mass is 32.1. The molecule has 108 valence electrons. The van der Waals surface area contributed by atoms with Crippen LogP contribution in [-0.4, -0.2) is 10.9 Å². The Morgan fingerprint density at radius 1 is 1.50 bits per heavy atom. The first-order valence-electron chi connectivity index (χ1n) is 6.72. The highest BCUT2D eigenvalue weighted by molar-refractivity contribution is 7.80. The third-order valence-electron chi connectivity index (χ3n) is 4.02. The normalized spacial score (nSPS) is 26.4. The number of nitrogens with one attached hydrogen (secondary N) is 1. The van der Waals surface area contributed by atoms with Gasteiger partial charge in [0, 0.05) is 5.56 Å². The predicted molar refractivity (Wildman–Crippen MR) is 80.6 cm³/mol. The molecule has 0 bridgehead atoms. The summed E-state index contributed by atoms with van der Waals surface area (Å²) in [7, 11) is 0. The smallest absolute Gasteiger partial charge is 0.233 e. The molecule has 1 fully saturated rings. The van der Waals surface area contributed by atoms with Crippen LogP contribution in [0.3, 0.4) is 0 Å². The van der Waals surface area contributed by atoms with Crippen LogP contribution in [0.1, 0.15) is 38.3 Å². The number of rotatable bonds is 4. The van der Waals surface area contributed by atoms with Crippen LogP contribution in [0.5, 0.6) is 0 Å². The Hall–Kier alpha value is -1.49. The van der Waals surface area contributed by atoms with Crippen LogP contribution in [0.25, 0.3) is 0 Å². The first kappa shape index (κ1) is 14.9. The standard InChI is InChI=1S/C15H19FN2OS/c1-9-7-15(8-9,13(17)20)14(19)18-10(2)11-5-3-4-6-12(11)16/h3-6,9-10H,7-8H2,1-2H3,(H2,17,20)(H,18,19). The van der Waals surface area contributed by atoms with Gasteiger partial charge in [-0.2, -0.15) is 0 Å². The van der Waals surface area contributed by atoms with Gasteiger partial charge in [-0.05, 0) is 31.7 Å². The molecular formula is C15H19FN2OS. The molecule has 0 heterocycles. The summed E-state index contributed by atoms with van der Waals surface area (Å²) in [6.45, 7) is 3.82. The Morgan fingerprint density at radius 2 is 2.10 bits per heavy atom. The summed E-state index contributed by atoms with van der Waals surface area (Å²) in [4.78, 5) is 12.7. The lowest BCUT2D eigenvalue weighted by atomic mass is 9.62. The fourth-order valence-corrected chi connectivity index (χ4v) is 3.13. The van der Waals surface area contributed by atoms with E-state index in [-0.39, 0.29) is 16.7 Å². The molecule has 2 rings (SSSR count). The number of halogens is 1. The van der Waals surface area contributed by atoms with Crippen molar-refractivity contribution in [3.8, 4) is 0 Å². The molecule has 1 amide bonds. The van der Waals surface area contributed by atoms with E-state index in [0.29, 0.717) is 24.3 Å². The van der Waals surface area contributed by atoms with E-state index in [9.17, 15) is 9.18 Å². The van der Waals surface area contributed by atoms with Gasteiger partial charge in [-0.3, -0.25) is 4.79 Å². The van der Waals surface area contributed by atoms with E-state index < -0.39 is 11.5 Å². The molecule has 20 heavy (non-hydrogen) atoms. The van der Waals surface area contributed by atoms with Gasteiger partial charge in [0.05, 0.1) is 16.4 Å². The number of carbonyl (C=O) groups is 1. The van der Waals surface area contributed by atoms with Crippen LogP contribution in [0.15, 0.2) is 24.3 Å². The zero-order valence-electron chi connectivity index (χ0n) is 11.7. The van der Waals surface area contributed by atoms with Crippen molar-refractivity contribution < 1.29 is 9.18 Å². The summed E-state index contributed by atoms with van der Waals surface area (Å²) in [5.74, 6) is -0.0866. The van der Waals surface area contributed by atoms with Gasteiger partial charge in [0.15, 0.2) is 0 Å². The number of hydrogen-bond acceptors (Lipinski definition) is 2. The average Bonchev–Trinajstić information content (AvgIpc) is 2.34. The summed E-state index contributed by atoms with van der Waals surface area (Å²) < 4.78 is 13.7. The molecule has 3 N–H and O–H groups in total. The summed E-state index contributed by atoms with van der Waals surface area (Å²) >= 11 is 5.05. The topological polar surface area (TPSA) is 55.1 Å². The van der Waals surface area contributed by atoms with Crippen LogP contribution in [0, 0.1) is 17.2 Å². The molecule has 1 aromatic carbocycles. The number of carbonyl (C=O) groups excluding carboxylic acids is 1. The van der Waals surface area contributed by atoms with Crippen molar-refractivity contribution in [2.75, 3.05) is 0 Å². The lowest BCUT2D eigenvalue weighted by Gasteiger charge is -2.44. The molecule has 0 aromatic heterocycles. The van der Waals surface area contributed by atoms with E-state index in [1.807, 2.05) is 0 Å². The van der Waals surface area contributed by atoms with E-state index in [2.05, 4.69) is 12.2 Å². The number of benzene rings is 1. The predicted octanol–water partition coefficient (Wildman–Crippen LogP) is 2.71. The molecule has 0 spiro atoms. The fraction of sp³-hybridized carbons (Fsp3) is 0.467. The second kappa shape index (κ2) is 5.48. The summed E-state index contributed by atoms with van der Waals surface area (Å²) in [6, 6.07) is 6.00. The average molecular weight is 294 g/mol. The zero-order chi connectivity index (χ0) is 14.9. The second-order valence-electron chi connectivity index (χ2n) is 5.68. The van der Waals surface area contributed by atoms with Crippen LogP contribution in [-0.2, 0) is 4.79 Å². The van der Waals surface area contributed by atoms with Gasteiger partial charge in [-0.1, -0.05) is 37.3 Å². The maximum Gasteiger partial charge on any atom is 0.233 e. The van der Waals surface area contributed by atoms with Crippen molar-refractivity contribution in [3.63, 3.8) is 0 Å². The van der Waals surface area contributed by atoms with E-state index in [1.54, 1.807) is 25.1 Å². The number of hydrogen-bond donors (Lipinski definition) is 2. The van der Waals surface area contributed by atoms with Gasteiger partial charge < -0.3 is 11.1 Å². The Labute approximate surface area is 123 Å². The highest BCUT2D eigenvalue weighted by Gasteiger charge is 2.51. The zero-order valence-corrected chi connectivity index (χ0v) is 12.5. The maximum atomic E-state index is 13.7. The monoisotopic (exact) mass is 294 g/mol. The minimum atomic E-state index is -0.756. The van der Waals surface area contributed by atoms with Gasteiger partial charge in [0.1, 0.15) is 5.82 Å². The molecule has 1 unspecified atom stereocenters. The third-order valence-corrected chi connectivity index (χ3v) is 4.41. The van der Waals surface area contributed by atoms with E-state index in [1.165, 1.54) is 6.07 Å². The lowest BCUT2D eigenvalue weighted by Crippen LogP contribution is -2.56. The van der Waals surface area contributed by atoms with E-state index in [0.717, 1.165) is 0 Å². The van der Waals surface area contributed by atoms with Crippen LogP contribution >= 0.6 is 12.2 Å². The number of amides is 1. The fourth-order valence-electron chi connectivity index (χ4n) is 2.87. The van der Waals surface area contributed by atoms with Crippen molar-refractivity contribution in [2.24, 2.45) is 17.1 Å². The van der Waals surface area contributed by atoms with E-state index in [4.69, 9.17) is 18.0 Å². The molecule has 1 saturated carbocycles. The van der Waals surface area contributed by atoms with Crippen molar-refractivity contribution in [1.82, 2.24) is 5.32 Å². The first-order chi connectivity index (χ1) is 9.36. The Bertz CT molecular complexity index is 540. The summed E-state index contributed by atoms with van der Waals surface area (Å²) in [5, 5.41) is 2.84. The molecule has 3 nitrogen and oxygen atoms in total.